The largest absolute Gasteiger partial charge is 0.465 e. The summed E-state index contributed by atoms with van der Waals surface area (Å²) >= 11 is 0. The molecule has 0 aliphatic heterocycles. The van der Waals surface area contributed by atoms with E-state index in [-0.39, 0.29) is 0 Å². The van der Waals surface area contributed by atoms with Crippen LogP contribution < -0.4 is 4.74 Å². The SMILES string of the molecule is COC(=O)c1oc(OC(C)=O)c(C(=O)OC)c1C(=O)OC. The Hall–Kier alpha value is -2.84. The van der Waals surface area contributed by atoms with Crippen molar-refractivity contribution >= 4 is 23.9 Å². The minimum Gasteiger partial charge on any atom is -0.465 e. The first-order valence-electron chi connectivity index (χ1n) is 5.47. The van der Waals surface area contributed by atoms with Crippen molar-refractivity contribution in [3.63, 3.8) is 0 Å². The maximum absolute atomic E-state index is 11.8. The van der Waals surface area contributed by atoms with E-state index in [2.05, 4.69) is 18.9 Å². The van der Waals surface area contributed by atoms with Gasteiger partial charge in [0, 0.05) is 6.92 Å². The van der Waals surface area contributed by atoms with E-state index in [0.717, 1.165) is 28.3 Å². The number of carbonyl (C=O) groups excluding carboxylic acids is 4. The molecule has 9 nitrogen and oxygen atoms in total. The van der Waals surface area contributed by atoms with Gasteiger partial charge in [-0.25, -0.2) is 14.4 Å². The Bertz CT molecular complexity index is 596. The van der Waals surface area contributed by atoms with Crippen LogP contribution in [0.3, 0.4) is 0 Å². The summed E-state index contributed by atoms with van der Waals surface area (Å²) in [6.07, 6.45) is 0. The zero-order valence-corrected chi connectivity index (χ0v) is 11.7. The van der Waals surface area contributed by atoms with E-state index in [0.29, 0.717) is 0 Å². The lowest BCUT2D eigenvalue weighted by Gasteiger charge is -2.02. The highest BCUT2D eigenvalue weighted by Crippen LogP contribution is 2.31. The number of hydrogen-bond acceptors (Lipinski definition) is 9. The molecule has 0 aromatic carbocycles. The van der Waals surface area contributed by atoms with Gasteiger partial charge in [-0.15, -0.1) is 0 Å². The van der Waals surface area contributed by atoms with Crippen LogP contribution in [-0.2, 0) is 19.0 Å². The Balaban J connectivity index is 3.62. The number of hydrogen-bond donors (Lipinski definition) is 0. The first-order valence-corrected chi connectivity index (χ1v) is 5.47. The molecule has 1 rings (SSSR count). The zero-order chi connectivity index (χ0) is 16.2. The lowest BCUT2D eigenvalue weighted by molar-refractivity contribution is -0.133. The van der Waals surface area contributed by atoms with Gasteiger partial charge in [0.25, 0.3) is 0 Å². The highest BCUT2D eigenvalue weighted by atomic mass is 16.6. The molecule has 1 aromatic rings. The fourth-order valence-electron chi connectivity index (χ4n) is 1.43. The molecule has 0 saturated heterocycles. The van der Waals surface area contributed by atoms with Crippen LogP contribution in [0.4, 0.5) is 0 Å². The van der Waals surface area contributed by atoms with Gasteiger partial charge in [-0.3, -0.25) is 4.79 Å². The molecule has 0 fully saturated rings. The molecule has 0 saturated carbocycles. The van der Waals surface area contributed by atoms with E-state index >= 15 is 0 Å². The molecule has 0 aliphatic rings. The molecule has 1 aromatic heterocycles. The molecule has 9 heteroatoms. The topological polar surface area (TPSA) is 118 Å². The van der Waals surface area contributed by atoms with Gasteiger partial charge in [-0.05, 0) is 0 Å². The predicted molar refractivity (Wildman–Crippen MR) is 64.0 cm³/mol. The number of ether oxygens (including phenoxy) is 4. The second-order valence-electron chi connectivity index (χ2n) is 3.54. The molecule has 0 spiro atoms. The highest BCUT2D eigenvalue weighted by molar-refractivity contribution is 6.10. The molecule has 0 amide bonds. The quantitative estimate of drug-likeness (QED) is 0.580. The third-order valence-electron chi connectivity index (χ3n) is 2.26. The molecule has 0 N–H and O–H groups in total. The molecule has 0 bridgehead atoms. The van der Waals surface area contributed by atoms with Crippen molar-refractivity contribution in [2.75, 3.05) is 21.3 Å². The van der Waals surface area contributed by atoms with Gasteiger partial charge in [0.2, 0.25) is 5.76 Å². The summed E-state index contributed by atoms with van der Waals surface area (Å²) in [5.74, 6) is -5.29. The molecule has 0 aliphatic carbocycles. The third kappa shape index (κ3) is 3.19. The average molecular weight is 300 g/mol. The van der Waals surface area contributed by atoms with Crippen molar-refractivity contribution in [1.82, 2.24) is 0 Å². The van der Waals surface area contributed by atoms with E-state index in [9.17, 15) is 19.2 Å². The Morgan fingerprint density at radius 3 is 1.71 bits per heavy atom. The van der Waals surface area contributed by atoms with E-state index in [4.69, 9.17) is 4.42 Å². The predicted octanol–water partition coefficient (Wildman–Crippen LogP) is 0.565. The Labute approximate surface area is 118 Å². The van der Waals surface area contributed by atoms with Crippen molar-refractivity contribution in [3.8, 4) is 5.95 Å². The molecule has 0 atom stereocenters. The van der Waals surface area contributed by atoms with Crippen LogP contribution in [0, 0.1) is 0 Å². The van der Waals surface area contributed by atoms with Gasteiger partial charge in [-0.1, -0.05) is 0 Å². The first kappa shape index (κ1) is 16.2. The molecule has 0 radical (unpaired) electrons. The molecular formula is C12H12O9. The van der Waals surface area contributed by atoms with Gasteiger partial charge in [0.05, 0.1) is 21.3 Å². The fourth-order valence-corrected chi connectivity index (χ4v) is 1.43. The van der Waals surface area contributed by atoms with E-state index in [1.807, 2.05) is 0 Å². The van der Waals surface area contributed by atoms with Gasteiger partial charge in [0.1, 0.15) is 5.56 Å². The average Bonchev–Trinajstić information content (AvgIpc) is 2.83. The minimum absolute atomic E-state index is 0.542. The summed E-state index contributed by atoms with van der Waals surface area (Å²) in [5.41, 5.74) is -1.09. The van der Waals surface area contributed by atoms with E-state index in [1.165, 1.54) is 0 Å². The van der Waals surface area contributed by atoms with Gasteiger partial charge in [-0.2, -0.15) is 0 Å². The molecule has 114 valence electrons. The maximum Gasteiger partial charge on any atom is 0.375 e. The van der Waals surface area contributed by atoms with E-state index < -0.39 is 46.7 Å². The van der Waals surface area contributed by atoms with Crippen molar-refractivity contribution in [1.29, 1.82) is 0 Å². The first-order chi connectivity index (χ1) is 9.87. The van der Waals surface area contributed by atoms with Crippen molar-refractivity contribution in [3.05, 3.63) is 16.9 Å². The van der Waals surface area contributed by atoms with Crippen molar-refractivity contribution in [2.24, 2.45) is 0 Å². The van der Waals surface area contributed by atoms with E-state index in [1.54, 1.807) is 0 Å². The molecular weight excluding hydrogens is 288 g/mol. The molecule has 1 heterocycles. The minimum atomic E-state index is -1.06. The number of carbonyl (C=O) groups is 4. The monoisotopic (exact) mass is 300 g/mol. The fraction of sp³-hybridized carbons (Fsp3) is 0.333. The summed E-state index contributed by atoms with van der Waals surface area (Å²) in [5, 5.41) is 0. The summed E-state index contributed by atoms with van der Waals surface area (Å²) < 4.78 is 23.0. The van der Waals surface area contributed by atoms with Crippen LogP contribution in [0.15, 0.2) is 4.42 Å². The summed E-state index contributed by atoms with van der Waals surface area (Å²) in [4.78, 5) is 46.1. The Kier molecular flexibility index (Phi) is 5.06. The smallest absolute Gasteiger partial charge is 0.375 e. The second-order valence-corrected chi connectivity index (χ2v) is 3.54. The van der Waals surface area contributed by atoms with Crippen LogP contribution in [-0.4, -0.2) is 45.2 Å². The second kappa shape index (κ2) is 6.55. The number of rotatable bonds is 4. The van der Waals surface area contributed by atoms with Crippen LogP contribution >= 0.6 is 0 Å². The lowest BCUT2D eigenvalue weighted by atomic mass is 10.1. The summed E-state index contributed by atoms with van der Waals surface area (Å²) in [6.45, 7) is 1.04. The van der Waals surface area contributed by atoms with Crippen LogP contribution in [0.25, 0.3) is 0 Å². The zero-order valence-electron chi connectivity index (χ0n) is 11.7. The van der Waals surface area contributed by atoms with Crippen LogP contribution in [0.5, 0.6) is 5.95 Å². The summed E-state index contributed by atoms with van der Waals surface area (Å²) in [7, 11) is 3.10. The van der Waals surface area contributed by atoms with Crippen molar-refractivity contribution in [2.45, 2.75) is 6.92 Å². The summed E-state index contributed by atoms with van der Waals surface area (Å²) in [6, 6.07) is 0. The Morgan fingerprint density at radius 2 is 1.29 bits per heavy atom. The van der Waals surface area contributed by atoms with Crippen molar-refractivity contribution < 1.29 is 42.5 Å². The van der Waals surface area contributed by atoms with Gasteiger partial charge >= 0.3 is 29.8 Å². The lowest BCUT2D eigenvalue weighted by Crippen LogP contribution is -2.15. The van der Waals surface area contributed by atoms with Gasteiger partial charge in [0.15, 0.2) is 5.56 Å². The third-order valence-corrected chi connectivity index (χ3v) is 2.26. The van der Waals surface area contributed by atoms with Crippen LogP contribution in [0.1, 0.15) is 38.2 Å². The molecule has 0 unspecified atom stereocenters. The van der Waals surface area contributed by atoms with Crippen LogP contribution in [0.2, 0.25) is 0 Å². The highest BCUT2D eigenvalue weighted by Gasteiger charge is 2.36. The normalized spacial score (nSPS) is 9.71. The number of methoxy groups -OCH3 is 3. The standard InChI is InChI=1S/C12H12O9/c1-5(13)20-12-7(10(15)18-3)6(9(14)17-2)8(21-12)11(16)19-4/h1-4H3. The molecule has 21 heavy (non-hydrogen) atoms. The maximum atomic E-state index is 11.8. The number of furan rings is 1. The Morgan fingerprint density at radius 1 is 0.810 bits per heavy atom. The van der Waals surface area contributed by atoms with Gasteiger partial charge < -0.3 is 23.4 Å². The number of esters is 4.